The highest BCUT2D eigenvalue weighted by molar-refractivity contribution is 7.80. The Morgan fingerprint density at radius 2 is 1.72 bits per heavy atom. The van der Waals surface area contributed by atoms with Gasteiger partial charge in [0.15, 0.2) is 5.11 Å². The van der Waals surface area contributed by atoms with Crippen molar-refractivity contribution in [2.24, 2.45) is 0 Å². The van der Waals surface area contributed by atoms with Gasteiger partial charge in [0, 0.05) is 16.7 Å². The first kappa shape index (κ1) is 18.6. The van der Waals surface area contributed by atoms with Gasteiger partial charge in [-0.1, -0.05) is 47.5 Å². The van der Waals surface area contributed by atoms with Crippen molar-refractivity contribution in [2.75, 3.05) is 0 Å². The smallest absolute Gasteiger partial charge is 0.269 e. The van der Waals surface area contributed by atoms with Crippen LogP contribution >= 0.6 is 23.8 Å². The van der Waals surface area contributed by atoms with Gasteiger partial charge in [-0.05, 0) is 49.0 Å². The number of carbonyl (C=O) groups excluding carboxylic acids is 2. The average molecular weight is 374 g/mol. The van der Waals surface area contributed by atoms with Crippen LogP contribution in [0.4, 0.5) is 0 Å². The van der Waals surface area contributed by atoms with Crippen molar-refractivity contribution in [1.82, 2.24) is 16.2 Å². The zero-order chi connectivity index (χ0) is 18.2. The fraction of sp³-hybridized carbons (Fsp3) is 0.0556. The lowest BCUT2D eigenvalue weighted by molar-refractivity contribution is -0.115. The Kier molecular flexibility index (Phi) is 6.68. The van der Waals surface area contributed by atoms with Gasteiger partial charge >= 0.3 is 0 Å². The number of hydrogen-bond donors (Lipinski definition) is 3. The fourth-order valence-corrected chi connectivity index (χ4v) is 2.20. The minimum Gasteiger partial charge on any atom is -0.298 e. The minimum atomic E-state index is -0.443. The van der Waals surface area contributed by atoms with Crippen LogP contribution < -0.4 is 16.2 Å². The molecule has 3 N–H and O–H groups in total. The molecule has 0 aliphatic heterocycles. The van der Waals surface area contributed by atoms with Crippen LogP contribution in [0.1, 0.15) is 21.5 Å². The van der Waals surface area contributed by atoms with Gasteiger partial charge < -0.3 is 0 Å². The van der Waals surface area contributed by atoms with Crippen molar-refractivity contribution in [3.05, 3.63) is 76.3 Å². The second-order valence-electron chi connectivity index (χ2n) is 5.12. The quantitative estimate of drug-likeness (QED) is 0.439. The van der Waals surface area contributed by atoms with E-state index in [-0.39, 0.29) is 11.0 Å². The highest BCUT2D eigenvalue weighted by Gasteiger charge is 2.06. The van der Waals surface area contributed by atoms with Crippen molar-refractivity contribution >= 4 is 46.8 Å². The zero-order valence-corrected chi connectivity index (χ0v) is 14.9. The van der Waals surface area contributed by atoms with Crippen LogP contribution in [-0.2, 0) is 4.79 Å². The summed E-state index contributed by atoms with van der Waals surface area (Å²) < 4.78 is 0. The lowest BCUT2D eigenvalue weighted by Gasteiger charge is -2.09. The van der Waals surface area contributed by atoms with E-state index in [0.29, 0.717) is 16.1 Å². The molecule has 0 fully saturated rings. The standard InChI is InChI=1S/C18H16ClN3O2S/c1-12-6-8-14(9-7-12)17(24)21-22-18(25)20-16(23)11-10-13-4-2-3-5-15(13)19/h2-11H,1H3,(H,21,24)(H2,20,22,23,25)/b11-10+. The number of amides is 2. The number of rotatable bonds is 3. The molecule has 5 nitrogen and oxygen atoms in total. The predicted octanol–water partition coefficient (Wildman–Crippen LogP) is 3.00. The van der Waals surface area contributed by atoms with Gasteiger partial charge in [-0.25, -0.2) is 0 Å². The van der Waals surface area contributed by atoms with E-state index in [1.807, 2.05) is 25.1 Å². The molecule has 2 aromatic carbocycles. The maximum atomic E-state index is 11.9. The highest BCUT2D eigenvalue weighted by Crippen LogP contribution is 2.15. The molecule has 0 unspecified atom stereocenters. The number of halogens is 1. The van der Waals surface area contributed by atoms with Gasteiger partial charge in [-0.3, -0.25) is 25.8 Å². The number of carbonyl (C=O) groups is 2. The molecule has 0 radical (unpaired) electrons. The van der Waals surface area contributed by atoms with Crippen molar-refractivity contribution in [3.63, 3.8) is 0 Å². The molecule has 128 valence electrons. The molecule has 0 saturated carbocycles. The summed E-state index contributed by atoms with van der Waals surface area (Å²) in [5.41, 5.74) is 7.14. The number of nitrogens with one attached hydrogen (secondary N) is 3. The van der Waals surface area contributed by atoms with Crippen LogP contribution in [-0.4, -0.2) is 16.9 Å². The van der Waals surface area contributed by atoms with Crippen molar-refractivity contribution in [3.8, 4) is 0 Å². The van der Waals surface area contributed by atoms with E-state index in [0.717, 1.165) is 5.56 Å². The Labute approximate surface area is 156 Å². The molecule has 2 amide bonds. The highest BCUT2D eigenvalue weighted by atomic mass is 35.5. The van der Waals surface area contributed by atoms with E-state index in [2.05, 4.69) is 16.2 Å². The van der Waals surface area contributed by atoms with E-state index in [9.17, 15) is 9.59 Å². The molecule has 0 heterocycles. The van der Waals surface area contributed by atoms with Crippen LogP contribution in [0.5, 0.6) is 0 Å². The van der Waals surface area contributed by atoms with Gasteiger partial charge in [0.1, 0.15) is 0 Å². The van der Waals surface area contributed by atoms with Crippen LogP contribution in [0.25, 0.3) is 6.08 Å². The Morgan fingerprint density at radius 3 is 2.40 bits per heavy atom. The van der Waals surface area contributed by atoms with Gasteiger partial charge in [0.2, 0.25) is 5.91 Å². The van der Waals surface area contributed by atoms with Gasteiger partial charge in [-0.15, -0.1) is 0 Å². The van der Waals surface area contributed by atoms with E-state index >= 15 is 0 Å². The lowest BCUT2D eigenvalue weighted by atomic mass is 10.1. The first-order valence-corrected chi connectivity index (χ1v) is 8.15. The zero-order valence-electron chi connectivity index (χ0n) is 13.4. The maximum absolute atomic E-state index is 11.9. The monoisotopic (exact) mass is 373 g/mol. The number of hydrazine groups is 1. The molecule has 2 rings (SSSR count). The number of benzene rings is 2. The summed E-state index contributed by atoms with van der Waals surface area (Å²) in [4.78, 5) is 23.7. The second kappa shape index (κ2) is 8.96. The molecule has 0 atom stereocenters. The summed E-state index contributed by atoms with van der Waals surface area (Å²) in [6.45, 7) is 1.93. The maximum Gasteiger partial charge on any atom is 0.269 e. The summed E-state index contributed by atoms with van der Waals surface area (Å²) in [7, 11) is 0. The third-order valence-electron chi connectivity index (χ3n) is 3.16. The predicted molar refractivity (Wildman–Crippen MR) is 103 cm³/mol. The largest absolute Gasteiger partial charge is 0.298 e. The lowest BCUT2D eigenvalue weighted by Crippen LogP contribution is -2.48. The van der Waals surface area contributed by atoms with Crippen molar-refractivity contribution in [2.45, 2.75) is 6.92 Å². The first-order chi connectivity index (χ1) is 12.0. The van der Waals surface area contributed by atoms with E-state index in [1.54, 1.807) is 36.4 Å². The molecular weight excluding hydrogens is 358 g/mol. The third-order valence-corrected chi connectivity index (χ3v) is 3.71. The molecule has 0 spiro atoms. The second-order valence-corrected chi connectivity index (χ2v) is 5.93. The number of aryl methyl sites for hydroxylation is 1. The summed E-state index contributed by atoms with van der Waals surface area (Å²) in [5, 5.41) is 2.94. The van der Waals surface area contributed by atoms with Gasteiger partial charge in [-0.2, -0.15) is 0 Å². The molecule has 0 bridgehead atoms. The van der Waals surface area contributed by atoms with Crippen LogP contribution in [0.3, 0.4) is 0 Å². The molecular formula is C18H16ClN3O2S. The average Bonchev–Trinajstić information content (AvgIpc) is 2.59. The Hall–Kier alpha value is -2.70. The number of thiocarbonyl (C=S) groups is 1. The Balaban J connectivity index is 1.81. The number of hydrogen-bond acceptors (Lipinski definition) is 3. The molecule has 0 aliphatic rings. The van der Waals surface area contributed by atoms with Gasteiger partial charge in [0.05, 0.1) is 0 Å². The molecule has 0 aromatic heterocycles. The van der Waals surface area contributed by atoms with E-state index in [1.165, 1.54) is 6.08 Å². The summed E-state index contributed by atoms with van der Waals surface area (Å²) >= 11 is 11.0. The molecule has 25 heavy (non-hydrogen) atoms. The normalized spacial score (nSPS) is 10.3. The summed E-state index contributed by atoms with van der Waals surface area (Å²) in [6, 6.07) is 14.2. The third kappa shape index (κ3) is 6.02. The molecule has 7 heteroatoms. The molecule has 2 aromatic rings. The van der Waals surface area contributed by atoms with Crippen LogP contribution in [0.15, 0.2) is 54.6 Å². The van der Waals surface area contributed by atoms with E-state index in [4.69, 9.17) is 23.8 Å². The first-order valence-electron chi connectivity index (χ1n) is 7.36. The molecule has 0 saturated heterocycles. The van der Waals surface area contributed by atoms with Gasteiger partial charge in [0.25, 0.3) is 5.91 Å². The van der Waals surface area contributed by atoms with E-state index < -0.39 is 5.91 Å². The molecule has 0 aliphatic carbocycles. The Morgan fingerprint density at radius 1 is 1.04 bits per heavy atom. The summed E-state index contributed by atoms with van der Waals surface area (Å²) in [6.07, 6.45) is 2.88. The SMILES string of the molecule is Cc1ccc(C(=O)NNC(=S)NC(=O)/C=C/c2ccccc2Cl)cc1. The van der Waals surface area contributed by atoms with Crippen molar-refractivity contribution in [1.29, 1.82) is 0 Å². The minimum absolute atomic E-state index is 0.0192. The fourth-order valence-electron chi connectivity index (χ4n) is 1.85. The van der Waals surface area contributed by atoms with Crippen LogP contribution in [0.2, 0.25) is 5.02 Å². The summed E-state index contributed by atoms with van der Waals surface area (Å²) in [5.74, 6) is -0.801. The van der Waals surface area contributed by atoms with Crippen LogP contribution in [0, 0.1) is 6.92 Å². The van der Waals surface area contributed by atoms with Crippen molar-refractivity contribution < 1.29 is 9.59 Å². The topological polar surface area (TPSA) is 70.2 Å². The Bertz CT molecular complexity index is 819.